The maximum Gasteiger partial charge on any atom is 0.387 e. The first-order valence-corrected chi connectivity index (χ1v) is 10.3. The van der Waals surface area contributed by atoms with E-state index in [-0.39, 0.29) is 26.9 Å². The topological polar surface area (TPSA) is 75.7 Å². The molecule has 1 aliphatic heterocycles. The van der Waals surface area contributed by atoms with E-state index in [1.165, 1.54) is 46.8 Å². The molecule has 150 valence electrons. The number of para-hydroxylation sites is 1. The molecule has 0 unspecified atom stereocenters. The lowest BCUT2D eigenvalue weighted by Gasteiger charge is -2.17. The van der Waals surface area contributed by atoms with Crippen molar-refractivity contribution in [2.45, 2.75) is 24.3 Å². The molecule has 1 heterocycles. The van der Waals surface area contributed by atoms with E-state index < -0.39 is 22.5 Å². The fourth-order valence-electron chi connectivity index (χ4n) is 2.90. The number of anilines is 1. The van der Waals surface area contributed by atoms with Crippen LogP contribution in [0.5, 0.6) is 5.75 Å². The molecule has 0 saturated carbocycles. The summed E-state index contributed by atoms with van der Waals surface area (Å²) in [7, 11) is -3.79. The Labute approximate surface area is 166 Å². The van der Waals surface area contributed by atoms with E-state index in [1.54, 1.807) is 0 Å². The first-order valence-electron chi connectivity index (χ1n) is 8.44. The third-order valence-electron chi connectivity index (χ3n) is 4.22. The summed E-state index contributed by atoms with van der Waals surface area (Å²) in [6.45, 7) is -2.26. The summed E-state index contributed by atoms with van der Waals surface area (Å²) in [4.78, 5) is 12.4. The van der Waals surface area contributed by atoms with Crippen molar-refractivity contribution >= 4 is 33.2 Å². The fourth-order valence-corrected chi connectivity index (χ4v) is 4.92. The molecule has 1 saturated heterocycles. The molecule has 0 aliphatic carbocycles. The van der Waals surface area contributed by atoms with E-state index in [2.05, 4.69) is 10.1 Å². The van der Waals surface area contributed by atoms with Crippen LogP contribution in [-0.4, -0.2) is 38.3 Å². The van der Waals surface area contributed by atoms with Gasteiger partial charge in [-0.25, -0.2) is 8.42 Å². The van der Waals surface area contributed by atoms with Gasteiger partial charge in [0.15, 0.2) is 0 Å². The Morgan fingerprint density at radius 1 is 1.14 bits per heavy atom. The predicted molar refractivity (Wildman–Crippen MR) is 100 cm³/mol. The number of halogens is 3. The number of amides is 1. The standard InChI is InChI=1S/C18H17ClF2N2O4S/c19-14-8-7-12(11-16(14)28(25,26)23-9-3-4-10-23)22-17(24)13-5-1-2-6-15(13)27-18(20)21/h1-2,5-8,11,18H,3-4,9-10H2,(H,22,24). The van der Waals surface area contributed by atoms with Gasteiger partial charge in [0.05, 0.1) is 10.6 Å². The lowest BCUT2D eigenvalue weighted by Crippen LogP contribution is -2.28. The number of nitrogens with zero attached hydrogens (tertiary/aromatic N) is 1. The lowest BCUT2D eigenvalue weighted by atomic mass is 10.2. The third-order valence-corrected chi connectivity index (χ3v) is 6.60. The van der Waals surface area contributed by atoms with Gasteiger partial charge >= 0.3 is 6.61 Å². The molecule has 3 rings (SSSR count). The molecule has 10 heteroatoms. The van der Waals surface area contributed by atoms with Crippen LogP contribution in [0.3, 0.4) is 0 Å². The quantitative estimate of drug-likeness (QED) is 0.752. The van der Waals surface area contributed by atoms with Crippen molar-refractivity contribution < 1.29 is 26.7 Å². The van der Waals surface area contributed by atoms with Crippen molar-refractivity contribution in [1.82, 2.24) is 4.31 Å². The number of hydrogen-bond donors (Lipinski definition) is 1. The van der Waals surface area contributed by atoms with E-state index in [0.29, 0.717) is 13.1 Å². The van der Waals surface area contributed by atoms with E-state index in [9.17, 15) is 22.0 Å². The number of carbonyl (C=O) groups is 1. The Kier molecular flexibility index (Phi) is 6.17. The maximum absolute atomic E-state index is 12.8. The van der Waals surface area contributed by atoms with Crippen molar-refractivity contribution in [3.05, 3.63) is 53.1 Å². The minimum absolute atomic E-state index is 0.0336. The Morgan fingerprint density at radius 2 is 1.82 bits per heavy atom. The van der Waals surface area contributed by atoms with Gasteiger partial charge in [0.2, 0.25) is 10.0 Å². The van der Waals surface area contributed by atoms with Crippen LogP contribution in [0.25, 0.3) is 0 Å². The zero-order chi connectivity index (χ0) is 20.3. The van der Waals surface area contributed by atoms with E-state index in [0.717, 1.165) is 12.8 Å². The Balaban J connectivity index is 1.87. The highest BCUT2D eigenvalue weighted by Crippen LogP contribution is 2.30. The van der Waals surface area contributed by atoms with Crippen LogP contribution in [0.2, 0.25) is 5.02 Å². The molecule has 2 aromatic rings. The van der Waals surface area contributed by atoms with Crippen molar-refractivity contribution in [2.75, 3.05) is 18.4 Å². The normalized spacial score (nSPS) is 15.0. The number of benzene rings is 2. The van der Waals surface area contributed by atoms with Gasteiger partial charge in [0.1, 0.15) is 10.6 Å². The summed E-state index contributed by atoms with van der Waals surface area (Å²) in [5, 5.41) is 2.53. The molecule has 1 amide bonds. The molecule has 0 atom stereocenters. The van der Waals surface area contributed by atoms with Crippen molar-refractivity contribution in [1.29, 1.82) is 0 Å². The van der Waals surface area contributed by atoms with Crippen molar-refractivity contribution in [2.24, 2.45) is 0 Å². The maximum atomic E-state index is 12.8. The molecule has 1 N–H and O–H groups in total. The average molecular weight is 431 g/mol. The number of rotatable bonds is 6. The highest BCUT2D eigenvalue weighted by atomic mass is 35.5. The first-order chi connectivity index (χ1) is 13.3. The van der Waals surface area contributed by atoms with Crippen molar-refractivity contribution in [3.63, 3.8) is 0 Å². The zero-order valence-electron chi connectivity index (χ0n) is 14.6. The summed E-state index contributed by atoms with van der Waals surface area (Å²) in [5.41, 5.74) is 0.0562. The average Bonchev–Trinajstić information content (AvgIpc) is 3.18. The first kappa shape index (κ1) is 20.5. The van der Waals surface area contributed by atoms with Gasteiger partial charge < -0.3 is 10.1 Å². The monoisotopic (exact) mass is 430 g/mol. The van der Waals surface area contributed by atoms with E-state index in [4.69, 9.17) is 11.6 Å². The highest BCUT2D eigenvalue weighted by Gasteiger charge is 2.29. The SMILES string of the molecule is O=C(Nc1ccc(Cl)c(S(=O)(=O)N2CCCC2)c1)c1ccccc1OC(F)F. The Bertz CT molecular complexity index is 979. The molecule has 6 nitrogen and oxygen atoms in total. The van der Waals surface area contributed by atoms with Crippen LogP contribution in [0.4, 0.5) is 14.5 Å². The van der Waals surface area contributed by atoms with Crippen LogP contribution in [0.1, 0.15) is 23.2 Å². The van der Waals surface area contributed by atoms with Gasteiger partial charge in [-0.15, -0.1) is 0 Å². The molecular formula is C18H17ClF2N2O4S. The third kappa shape index (κ3) is 4.43. The van der Waals surface area contributed by atoms with Gasteiger partial charge in [0.25, 0.3) is 5.91 Å². The molecule has 1 fully saturated rings. The molecule has 1 aliphatic rings. The number of nitrogens with one attached hydrogen (secondary N) is 1. The van der Waals surface area contributed by atoms with Gasteiger partial charge in [-0.1, -0.05) is 23.7 Å². The minimum Gasteiger partial charge on any atom is -0.434 e. The summed E-state index contributed by atoms with van der Waals surface area (Å²) < 4.78 is 56.3. The van der Waals surface area contributed by atoms with Crippen LogP contribution in [0.15, 0.2) is 47.4 Å². The largest absolute Gasteiger partial charge is 0.434 e. The summed E-state index contributed by atoms with van der Waals surface area (Å²) in [6, 6.07) is 9.57. The van der Waals surface area contributed by atoms with Crippen LogP contribution < -0.4 is 10.1 Å². The fraction of sp³-hybridized carbons (Fsp3) is 0.278. The molecule has 0 spiro atoms. The lowest BCUT2D eigenvalue weighted by molar-refractivity contribution is -0.0501. The Hall–Kier alpha value is -2.23. The van der Waals surface area contributed by atoms with Crippen molar-refractivity contribution in [3.8, 4) is 5.75 Å². The predicted octanol–water partition coefficient (Wildman–Crippen LogP) is 3.98. The van der Waals surface area contributed by atoms with Gasteiger partial charge in [-0.2, -0.15) is 13.1 Å². The number of ether oxygens (including phenoxy) is 1. The smallest absolute Gasteiger partial charge is 0.387 e. The number of carbonyl (C=O) groups excluding carboxylic acids is 1. The number of alkyl halides is 2. The summed E-state index contributed by atoms with van der Waals surface area (Å²) in [5.74, 6) is -1.00. The number of sulfonamides is 1. The van der Waals surface area contributed by atoms with E-state index >= 15 is 0 Å². The molecule has 28 heavy (non-hydrogen) atoms. The second-order valence-corrected chi connectivity index (χ2v) is 8.40. The van der Waals surface area contributed by atoms with Gasteiger partial charge in [-0.3, -0.25) is 4.79 Å². The van der Waals surface area contributed by atoms with Crippen LogP contribution >= 0.6 is 11.6 Å². The van der Waals surface area contributed by atoms with Crippen LogP contribution in [-0.2, 0) is 10.0 Å². The van der Waals surface area contributed by atoms with Gasteiger partial charge in [-0.05, 0) is 43.2 Å². The second kappa shape index (κ2) is 8.42. The molecule has 0 aromatic heterocycles. The second-order valence-electron chi connectivity index (χ2n) is 6.09. The molecular weight excluding hydrogens is 414 g/mol. The Morgan fingerprint density at radius 3 is 2.50 bits per heavy atom. The summed E-state index contributed by atoms with van der Waals surface area (Å²) in [6.07, 6.45) is 1.54. The highest BCUT2D eigenvalue weighted by molar-refractivity contribution is 7.89. The molecule has 2 aromatic carbocycles. The molecule has 0 bridgehead atoms. The molecule has 0 radical (unpaired) electrons. The minimum atomic E-state index is -3.79. The van der Waals surface area contributed by atoms with Crippen LogP contribution in [0, 0.1) is 0 Å². The van der Waals surface area contributed by atoms with E-state index in [1.807, 2.05) is 0 Å². The zero-order valence-corrected chi connectivity index (χ0v) is 16.1. The number of hydrogen-bond acceptors (Lipinski definition) is 4. The van der Waals surface area contributed by atoms with Gasteiger partial charge in [0, 0.05) is 18.8 Å². The summed E-state index contributed by atoms with van der Waals surface area (Å²) >= 11 is 6.07.